The van der Waals surface area contributed by atoms with E-state index in [0.29, 0.717) is 16.9 Å². The lowest BCUT2D eigenvalue weighted by Gasteiger charge is -2.49. The van der Waals surface area contributed by atoms with Gasteiger partial charge in [-0.05, 0) is 23.3 Å². The van der Waals surface area contributed by atoms with Crippen LogP contribution in [0.25, 0.3) is 0 Å². The van der Waals surface area contributed by atoms with Gasteiger partial charge in [0.05, 0.1) is 0 Å². The number of phenolic OH excluding ortho intramolecular Hbond substituents is 2. The zero-order valence-corrected chi connectivity index (χ0v) is 25.5. The SMILES string of the molecule is Nc1nc(C(=NOCc2ccc(O)c(O)c2)C(=O)NC2C(=O)N3C(C(=O)O)=C(CSc4cc[n+](CC(=O)O)cc4)CS[C@@H]23)cs1. The summed E-state index contributed by atoms with van der Waals surface area (Å²) in [6.07, 6.45) is 3.23. The molecule has 2 aliphatic rings. The van der Waals surface area contributed by atoms with Crippen molar-refractivity contribution in [3.05, 3.63) is 70.6 Å². The maximum atomic E-state index is 13.3. The van der Waals surface area contributed by atoms with Crippen LogP contribution in [0, 0.1) is 0 Å². The minimum atomic E-state index is -1.27. The molecule has 4 heterocycles. The number of hydrogen-bond acceptors (Lipinski definition) is 13. The van der Waals surface area contributed by atoms with Crippen LogP contribution >= 0.6 is 34.9 Å². The number of nitrogens with one attached hydrogen (secondary N) is 1. The molecule has 15 nitrogen and oxygen atoms in total. The van der Waals surface area contributed by atoms with E-state index in [2.05, 4.69) is 15.5 Å². The molecule has 0 saturated carbocycles. The van der Waals surface area contributed by atoms with E-state index in [0.717, 1.165) is 21.1 Å². The molecule has 3 aromatic rings. The second kappa shape index (κ2) is 13.4. The lowest BCUT2D eigenvalue weighted by Crippen LogP contribution is -2.71. The standard InChI is InChI=1S/C27H24N6O9S3/c28-27-29-16(12-45-27)20(31-42-9-13-1-2-17(34)18(35)7-13)23(38)30-21-24(39)33-22(26(40)41)14(11-44-25(21)33)10-43-15-3-5-32(6-4-15)8-19(36)37/h1-7,12,21,25H,8-11H2,(H6-,28,29,30,31,34,35,36,37,38,40,41)/p+1/t21?,25-/m0/s1. The van der Waals surface area contributed by atoms with Crippen molar-refractivity contribution in [2.24, 2.45) is 5.16 Å². The monoisotopic (exact) mass is 673 g/mol. The molecule has 0 bridgehead atoms. The zero-order valence-electron chi connectivity index (χ0n) is 23.0. The third-order valence-electron chi connectivity index (χ3n) is 6.53. The van der Waals surface area contributed by atoms with Gasteiger partial charge in [-0.25, -0.2) is 14.6 Å². The Bertz CT molecular complexity index is 1730. The van der Waals surface area contributed by atoms with E-state index in [-0.39, 0.29) is 52.6 Å². The van der Waals surface area contributed by atoms with Gasteiger partial charge in [0.15, 0.2) is 34.7 Å². The lowest BCUT2D eigenvalue weighted by atomic mass is 10.0. The van der Waals surface area contributed by atoms with Crippen LogP contribution in [-0.2, 0) is 37.2 Å². The molecule has 2 atom stereocenters. The Morgan fingerprint density at radius 1 is 1.18 bits per heavy atom. The Hall–Kier alpha value is -4.81. The van der Waals surface area contributed by atoms with Gasteiger partial charge in [0, 0.05) is 33.9 Å². The number of benzene rings is 1. The van der Waals surface area contributed by atoms with Crippen molar-refractivity contribution in [1.82, 2.24) is 15.2 Å². The van der Waals surface area contributed by atoms with E-state index >= 15 is 0 Å². The number of nitrogens with zero attached hydrogens (tertiary/aromatic N) is 4. The average Bonchev–Trinajstić information content (AvgIpc) is 3.44. The van der Waals surface area contributed by atoms with Gasteiger partial charge >= 0.3 is 11.9 Å². The smallest absolute Gasteiger partial charge is 0.370 e. The minimum Gasteiger partial charge on any atom is -0.504 e. The Morgan fingerprint density at radius 2 is 1.93 bits per heavy atom. The number of phenols is 2. The van der Waals surface area contributed by atoms with Gasteiger partial charge in [0.2, 0.25) is 6.54 Å². The third-order valence-corrected chi connectivity index (χ3v) is 9.65. The van der Waals surface area contributed by atoms with Gasteiger partial charge in [-0.2, -0.15) is 4.57 Å². The van der Waals surface area contributed by atoms with E-state index in [1.807, 2.05) is 0 Å². The van der Waals surface area contributed by atoms with E-state index < -0.39 is 35.2 Å². The number of aliphatic carboxylic acids is 2. The predicted octanol–water partition coefficient (Wildman–Crippen LogP) is 0.960. The molecule has 18 heteroatoms. The van der Waals surface area contributed by atoms with E-state index in [4.69, 9.17) is 15.7 Å². The molecular formula is C27H25N6O9S3+. The topological polar surface area (TPSA) is 229 Å². The molecular weight excluding hydrogens is 649 g/mol. The fourth-order valence-corrected chi connectivity index (χ4v) is 7.32. The number of thioether (sulfide) groups is 2. The van der Waals surface area contributed by atoms with Gasteiger partial charge in [-0.1, -0.05) is 11.2 Å². The van der Waals surface area contributed by atoms with Gasteiger partial charge in [0.25, 0.3) is 11.8 Å². The number of thiazole rings is 1. The third kappa shape index (κ3) is 7.13. The maximum absolute atomic E-state index is 13.3. The highest BCUT2D eigenvalue weighted by molar-refractivity contribution is 8.01. The molecule has 234 valence electrons. The number of oxime groups is 1. The molecule has 1 fully saturated rings. The molecule has 1 unspecified atom stereocenters. The average molecular weight is 674 g/mol. The van der Waals surface area contributed by atoms with Crippen LogP contribution in [0.5, 0.6) is 11.5 Å². The molecule has 0 aliphatic carbocycles. The minimum absolute atomic E-state index is 0.100. The first-order valence-electron chi connectivity index (χ1n) is 13.0. The second-order valence-electron chi connectivity index (χ2n) is 9.61. The number of amides is 2. The van der Waals surface area contributed by atoms with Gasteiger partial charge in [-0.3, -0.25) is 14.5 Å². The number of carbonyl (C=O) groups is 4. The van der Waals surface area contributed by atoms with Gasteiger partial charge in [-0.15, -0.1) is 34.9 Å². The fraction of sp³-hybridized carbons (Fsp3) is 0.222. The van der Waals surface area contributed by atoms with Crippen molar-refractivity contribution in [3.8, 4) is 11.5 Å². The van der Waals surface area contributed by atoms with Gasteiger partial charge < -0.3 is 36.3 Å². The van der Waals surface area contributed by atoms with E-state index in [9.17, 15) is 34.5 Å². The van der Waals surface area contributed by atoms with Crippen LogP contribution in [0.2, 0.25) is 0 Å². The van der Waals surface area contributed by atoms with Crippen LogP contribution in [0.15, 0.2) is 69.4 Å². The number of nitrogens with two attached hydrogens (primary N) is 1. The molecule has 2 amide bonds. The Morgan fingerprint density at radius 3 is 2.58 bits per heavy atom. The molecule has 7 N–H and O–H groups in total. The predicted molar refractivity (Wildman–Crippen MR) is 162 cm³/mol. The number of nitrogen functional groups attached to an aromatic ring is 1. The molecule has 0 radical (unpaired) electrons. The van der Waals surface area contributed by atoms with Crippen molar-refractivity contribution >= 4 is 69.5 Å². The first-order valence-corrected chi connectivity index (χ1v) is 15.9. The summed E-state index contributed by atoms with van der Waals surface area (Å²) in [5.41, 5.74) is 6.41. The molecule has 0 spiro atoms. The highest BCUT2D eigenvalue weighted by atomic mass is 32.2. The summed E-state index contributed by atoms with van der Waals surface area (Å²) >= 11 is 3.72. The number of carbonyl (C=O) groups excluding carboxylic acids is 2. The number of pyridine rings is 1. The number of anilines is 1. The Kier molecular flexibility index (Phi) is 9.45. The lowest BCUT2D eigenvalue weighted by molar-refractivity contribution is -0.686. The van der Waals surface area contributed by atoms with Crippen molar-refractivity contribution in [1.29, 1.82) is 0 Å². The number of carboxylic acid groups (broad SMARTS) is 2. The quantitative estimate of drug-likeness (QED) is 0.0394. The van der Waals surface area contributed by atoms with Crippen molar-refractivity contribution in [2.75, 3.05) is 17.2 Å². The summed E-state index contributed by atoms with van der Waals surface area (Å²) < 4.78 is 1.50. The summed E-state index contributed by atoms with van der Waals surface area (Å²) in [7, 11) is 0. The number of carboxylic acids is 2. The second-order valence-corrected chi connectivity index (χ2v) is 12.7. The summed E-state index contributed by atoms with van der Waals surface area (Å²) in [6, 6.07) is 6.43. The number of β-lactam (4-membered cyclic amide) rings is 1. The van der Waals surface area contributed by atoms with E-state index in [1.54, 1.807) is 24.5 Å². The Labute approximate surface area is 267 Å². The molecule has 2 aliphatic heterocycles. The van der Waals surface area contributed by atoms with Crippen molar-refractivity contribution in [2.45, 2.75) is 29.5 Å². The first kappa shape index (κ1) is 31.6. The largest absolute Gasteiger partial charge is 0.504 e. The number of aromatic nitrogens is 2. The van der Waals surface area contributed by atoms with Crippen molar-refractivity contribution < 1.29 is 49.0 Å². The van der Waals surface area contributed by atoms with Crippen LogP contribution in [0.4, 0.5) is 5.13 Å². The van der Waals surface area contributed by atoms with E-state index in [1.165, 1.54) is 51.7 Å². The highest BCUT2D eigenvalue weighted by Gasteiger charge is 2.54. The number of rotatable bonds is 12. The zero-order chi connectivity index (χ0) is 32.2. The molecule has 1 aromatic carbocycles. The van der Waals surface area contributed by atoms with Crippen molar-refractivity contribution in [3.63, 3.8) is 0 Å². The van der Waals surface area contributed by atoms with Gasteiger partial charge in [0.1, 0.15) is 29.4 Å². The first-order chi connectivity index (χ1) is 21.5. The Balaban J connectivity index is 1.27. The maximum Gasteiger partial charge on any atom is 0.370 e. The summed E-state index contributed by atoms with van der Waals surface area (Å²) in [5.74, 6) is -3.73. The summed E-state index contributed by atoms with van der Waals surface area (Å²) in [4.78, 5) is 61.0. The summed E-state index contributed by atoms with van der Waals surface area (Å²) in [6.45, 7) is -0.354. The summed E-state index contributed by atoms with van der Waals surface area (Å²) in [5, 5.41) is 45.6. The van der Waals surface area contributed by atoms with Crippen LogP contribution in [-0.4, -0.2) is 82.7 Å². The highest BCUT2D eigenvalue weighted by Crippen LogP contribution is 2.41. The normalized spacial score (nSPS) is 17.8. The molecule has 5 rings (SSSR count). The number of fused-ring (bicyclic) bond motifs is 1. The number of hydrogen-bond donors (Lipinski definition) is 6. The molecule has 1 saturated heterocycles. The number of aromatic hydroxyl groups is 2. The van der Waals surface area contributed by atoms with Crippen LogP contribution < -0.4 is 15.6 Å². The molecule has 2 aromatic heterocycles. The van der Waals surface area contributed by atoms with Crippen LogP contribution in [0.1, 0.15) is 11.3 Å². The fourth-order valence-electron chi connectivity index (χ4n) is 4.41. The van der Waals surface area contributed by atoms with Crippen LogP contribution in [0.3, 0.4) is 0 Å². The molecule has 45 heavy (non-hydrogen) atoms.